The van der Waals surface area contributed by atoms with Gasteiger partial charge in [-0.1, -0.05) is 0 Å². The Labute approximate surface area is 102 Å². The van der Waals surface area contributed by atoms with Crippen LogP contribution in [-0.2, 0) is 22.0 Å². The van der Waals surface area contributed by atoms with E-state index >= 15 is 0 Å². The molecule has 5 nitrogen and oxygen atoms in total. The summed E-state index contributed by atoms with van der Waals surface area (Å²) in [5, 5.41) is 0. The molecule has 1 N–H and O–H groups in total. The van der Waals surface area contributed by atoms with E-state index in [9.17, 15) is 21.6 Å². The molecule has 0 atom stereocenters. The number of aromatic nitrogens is 2. The number of alkyl halides is 3. The first-order valence-corrected chi connectivity index (χ1v) is 6.32. The van der Waals surface area contributed by atoms with Crippen LogP contribution in [0.4, 0.5) is 13.2 Å². The lowest BCUT2D eigenvalue weighted by Gasteiger charge is -2.08. The first-order chi connectivity index (χ1) is 7.09. The van der Waals surface area contributed by atoms with Gasteiger partial charge in [-0.05, 0) is 22.6 Å². The van der Waals surface area contributed by atoms with E-state index in [4.69, 9.17) is 4.55 Å². The number of halogens is 4. The van der Waals surface area contributed by atoms with Crippen molar-refractivity contribution in [1.82, 2.24) is 9.97 Å². The second-order valence-electron chi connectivity index (χ2n) is 2.71. The van der Waals surface area contributed by atoms with Crippen molar-refractivity contribution in [3.8, 4) is 0 Å². The van der Waals surface area contributed by atoms with Crippen LogP contribution in [0, 0.1) is 3.70 Å². The highest BCUT2D eigenvalue weighted by atomic mass is 127. The molecule has 0 aromatic carbocycles. The molecule has 0 fully saturated rings. The Kier molecular flexibility index (Phi) is 3.74. The predicted octanol–water partition coefficient (Wildman–Crippen LogP) is 1.49. The van der Waals surface area contributed by atoms with Crippen molar-refractivity contribution < 1.29 is 26.1 Å². The summed E-state index contributed by atoms with van der Waals surface area (Å²) in [5.41, 5.74) is -1.05. The third-order valence-corrected chi connectivity index (χ3v) is 2.85. The molecule has 0 aliphatic rings. The highest BCUT2D eigenvalue weighted by Crippen LogP contribution is 2.31. The highest BCUT2D eigenvalue weighted by Gasteiger charge is 2.34. The molecule has 1 heterocycles. The van der Waals surface area contributed by atoms with E-state index in [1.807, 2.05) is 0 Å². The minimum atomic E-state index is -4.59. The van der Waals surface area contributed by atoms with E-state index in [0.29, 0.717) is 6.20 Å². The van der Waals surface area contributed by atoms with Crippen LogP contribution in [0.25, 0.3) is 0 Å². The Balaban J connectivity index is 3.10. The molecule has 0 amide bonds. The quantitative estimate of drug-likeness (QED) is 0.486. The van der Waals surface area contributed by atoms with Gasteiger partial charge in [0.1, 0.15) is 20.8 Å². The second kappa shape index (κ2) is 4.41. The molecular formula is C6H4F3IN2O3S. The van der Waals surface area contributed by atoms with Crippen LogP contribution in [0.3, 0.4) is 0 Å². The Bertz CT molecular complexity index is 502. The van der Waals surface area contributed by atoms with Crippen LogP contribution >= 0.6 is 22.6 Å². The summed E-state index contributed by atoms with van der Waals surface area (Å²) in [6.07, 6.45) is -4.11. The van der Waals surface area contributed by atoms with Crippen LogP contribution in [-0.4, -0.2) is 22.9 Å². The van der Waals surface area contributed by atoms with Gasteiger partial charge in [0, 0.05) is 6.20 Å². The van der Waals surface area contributed by atoms with E-state index in [0.717, 1.165) is 0 Å². The van der Waals surface area contributed by atoms with Gasteiger partial charge >= 0.3 is 6.18 Å². The van der Waals surface area contributed by atoms with Crippen molar-refractivity contribution in [3.05, 3.63) is 21.3 Å². The Morgan fingerprint density at radius 2 is 2.00 bits per heavy atom. The molecule has 16 heavy (non-hydrogen) atoms. The van der Waals surface area contributed by atoms with Gasteiger partial charge in [-0.15, -0.1) is 0 Å². The summed E-state index contributed by atoms with van der Waals surface area (Å²) in [6.45, 7) is 0. The van der Waals surface area contributed by atoms with Crippen molar-refractivity contribution in [2.24, 2.45) is 0 Å². The predicted molar refractivity (Wildman–Crippen MR) is 55.0 cm³/mol. The van der Waals surface area contributed by atoms with Crippen molar-refractivity contribution in [2.45, 2.75) is 11.9 Å². The van der Waals surface area contributed by atoms with Gasteiger partial charge in [0.25, 0.3) is 10.1 Å². The van der Waals surface area contributed by atoms with Gasteiger partial charge in [-0.25, -0.2) is 9.97 Å². The standard InChI is InChI=1S/C6H4F3IN2O3S/c7-6(8,9)3-1-11-4(12-5(3)10)2-16(13,14)15/h1H,2H2,(H,13,14,15). The molecule has 10 heteroatoms. The summed E-state index contributed by atoms with van der Waals surface area (Å²) in [7, 11) is -4.35. The average Bonchev–Trinajstić information content (AvgIpc) is 1.97. The molecular weight excluding hydrogens is 364 g/mol. The van der Waals surface area contributed by atoms with E-state index in [1.165, 1.54) is 22.6 Å². The topological polar surface area (TPSA) is 80.2 Å². The SMILES string of the molecule is O=S(=O)(O)Cc1ncc(C(F)(F)F)c(I)n1. The lowest BCUT2D eigenvalue weighted by Crippen LogP contribution is -2.13. The van der Waals surface area contributed by atoms with Crippen molar-refractivity contribution in [1.29, 1.82) is 0 Å². The van der Waals surface area contributed by atoms with E-state index in [-0.39, 0.29) is 5.82 Å². The Morgan fingerprint density at radius 1 is 1.44 bits per heavy atom. The fourth-order valence-electron chi connectivity index (χ4n) is 0.818. The lowest BCUT2D eigenvalue weighted by atomic mass is 10.3. The molecule has 1 aromatic heterocycles. The molecule has 0 unspecified atom stereocenters. The minimum Gasteiger partial charge on any atom is -0.285 e. The number of nitrogens with zero attached hydrogens (tertiary/aromatic N) is 2. The molecule has 0 radical (unpaired) electrons. The minimum absolute atomic E-state index is 0.389. The maximum Gasteiger partial charge on any atom is 0.420 e. The van der Waals surface area contributed by atoms with E-state index in [1.54, 1.807) is 0 Å². The van der Waals surface area contributed by atoms with E-state index < -0.39 is 31.3 Å². The van der Waals surface area contributed by atoms with Gasteiger partial charge in [0.05, 0.1) is 0 Å². The van der Waals surface area contributed by atoms with Crippen LogP contribution in [0.5, 0.6) is 0 Å². The number of rotatable bonds is 2. The van der Waals surface area contributed by atoms with Crippen LogP contribution in [0.2, 0.25) is 0 Å². The van der Waals surface area contributed by atoms with Crippen molar-refractivity contribution in [3.63, 3.8) is 0 Å². The summed E-state index contributed by atoms with van der Waals surface area (Å²) >= 11 is 1.32. The van der Waals surface area contributed by atoms with Crippen LogP contribution in [0.15, 0.2) is 6.20 Å². The van der Waals surface area contributed by atoms with Crippen molar-refractivity contribution in [2.75, 3.05) is 0 Å². The first kappa shape index (κ1) is 13.6. The highest BCUT2D eigenvalue weighted by molar-refractivity contribution is 14.1. The van der Waals surface area contributed by atoms with Crippen LogP contribution < -0.4 is 0 Å². The average molecular weight is 368 g/mol. The summed E-state index contributed by atoms with van der Waals surface area (Å²) in [5.74, 6) is -1.30. The van der Waals surface area contributed by atoms with Gasteiger partial charge in [0.15, 0.2) is 0 Å². The summed E-state index contributed by atoms with van der Waals surface area (Å²) < 4.78 is 65.7. The Hall–Kier alpha value is -0.490. The maximum absolute atomic E-state index is 12.3. The van der Waals surface area contributed by atoms with E-state index in [2.05, 4.69) is 9.97 Å². The molecule has 1 rings (SSSR count). The monoisotopic (exact) mass is 368 g/mol. The molecule has 0 spiro atoms. The smallest absolute Gasteiger partial charge is 0.285 e. The number of hydrogen-bond acceptors (Lipinski definition) is 4. The molecule has 1 aromatic rings. The van der Waals surface area contributed by atoms with Crippen molar-refractivity contribution >= 4 is 32.7 Å². The molecule has 0 bridgehead atoms. The zero-order chi connectivity index (χ0) is 12.6. The second-order valence-corrected chi connectivity index (χ2v) is 5.19. The molecule has 0 saturated heterocycles. The first-order valence-electron chi connectivity index (χ1n) is 3.63. The molecule has 90 valence electrons. The molecule has 0 aliphatic carbocycles. The fourth-order valence-corrected chi connectivity index (χ4v) is 2.01. The molecule has 0 saturated carbocycles. The largest absolute Gasteiger partial charge is 0.420 e. The summed E-state index contributed by atoms with van der Waals surface area (Å²) in [4.78, 5) is 6.56. The van der Waals surface area contributed by atoms with Gasteiger partial charge < -0.3 is 0 Å². The Morgan fingerprint density at radius 3 is 2.38 bits per heavy atom. The molecule has 0 aliphatic heterocycles. The zero-order valence-electron chi connectivity index (χ0n) is 7.36. The fraction of sp³-hybridized carbons (Fsp3) is 0.333. The normalized spacial score (nSPS) is 12.8. The van der Waals surface area contributed by atoms with Gasteiger partial charge in [-0.3, -0.25) is 4.55 Å². The van der Waals surface area contributed by atoms with Crippen LogP contribution in [0.1, 0.15) is 11.4 Å². The zero-order valence-corrected chi connectivity index (χ0v) is 10.3. The van der Waals surface area contributed by atoms with Gasteiger partial charge in [0.2, 0.25) is 0 Å². The number of hydrogen-bond donors (Lipinski definition) is 1. The third-order valence-electron chi connectivity index (χ3n) is 1.41. The third kappa shape index (κ3) is 3.83. The lowest BCUT2D eigenvalue weighted by molar-refractivity contribution is -0.138. The maximum atomic E-state index is 12.3. The van der Waals surface area contributed by atoms with Gasteiger partial charge in [-0.2, -0.15) is 21.6 Å². The summed E-state index contributed by atoms with van der Waals surface area (Å²) in [6, 6.07) is 0.